The van der Waals surface area contributed by atoms with E-state index in [1.54, 1.807) is 11.3 Å². The van der Waals surface area contributed by atoms with Crippen LogP contribution < -0.4 is 15.0 Å². The molecule has 35 heavy (non-hydrogen) atoms. The summed E-state index contributed by atoms with van der Waals surface area (Å²) in [5, 5.41) is 13.9. The molecule has 1 fully saturated rings. The highest BCUT2D eigenvalue weighted by Crippen LogP contribution is 2.25. The monoisotopic (exact) mass is 484 g/mol. The molecule has 0 unspecified atom stereocenters. The Morgan fingerprint density at radius 2 is 1.71 bits per heavy atom. The van der Waals surface area contributed by atoms with Gasteiger partial charge in [0.1, 0.15) is 18.1 Å². The van der Waals surface area contributed by atoms with Crippen LogP contribution in [0.3, 0.4) is 0 Å². The second-order valence-electron chi connectivity index (χ2n) is 8.65. The van der Waals surface area contributed by atoms with Gasteiger partial charge in [-0.25, -0.2) is 0 Å². The van der Waals surface area contributed by atoms with Crippen molar-refractivity contribution >= 4 is 23.1 Å². The molecule has 0 radical (unpaired) electrons. The van der Waals surface area contributed by atoms with Gasteiger partial charge in [0.2, 0.25) is 5.91 Å². The van der Waals surface area contributed by atoms with Gasteiger partial charge in [-0.15, -0.1) is 21.5 Å². The van der Waals surface area contributed by atoms with Crippen LogP contribution in [0.15, 0.2) is 84.2 Å². The average Bonchev–Trinajstić information content (AvgIpc) is 3.47. The molecule has 1 aliphatic rings. The van der Waals surface area contributed by atoms with Gasteiger partial charge in [-0.2, -0.15) is 0 Å². The van der Waals surface area contributed by atoms with E-state index in [4.69, 9.17) is 4.74 Å². The second kappa shape index (κ2) is 11.1. The van der Waals surface area contributed by atoms with E-state index in [1.807, 2.05) is 84.2 Å². The number of thiophene rings is 1. The number of carbonyl (C=O) groups excluding carboxylic acids is 1. The number of amides is 1. The first-order chi connectivity index (χ1) is 17.2. The van der Waals surface area contributed by atoms with Crippen LogP contribution >= 0.6 is 11.3 Å². The highest BCUT2D eigenvalue weighted by atomic mass is 32.1. The third-order valence-corrected chi connectivity index (χ3v) is 7.14. The van der Waals surface area contributed by atoms with Crippen molar-refractivity contribution in [2.75, 3.05) is 18.0 Å². The molecule has 2 aromatic carbocycles. The summed E-state index contributed by atoms with van der Waals surface area (Å²) >= 11 is 1.66. The van der Waals surface area contributed by atoms with Gasteiger partial charge < -0.3 is 15.0 Å². The molecule has 1 amide bonds. The standard InChI is InChI=1S/C28H28N4O2S/c33-28(29-19-21-8-10-24(11-9-21)34-20-22-5-2-1-3-6-22)23-14-16-32(17-15-23)27-13-12-25(30-31-27)26-7-4-18-35-26/h1-13,18,23H,14-17,19-20H2,(H,29,33). The average molecular weight is 485 g/mol. The Hall–Kier alpha value is -3.71. The Balaban J connectivity index is 1.06. The molecule has 0 bridgehead atoms. The molecule has 1 aliphatic heterocycles. The van der Waals surface area contributed by atoms with Gasteiger partial charge in [0.15, 0.2) is 5.82 Å². The number of carbonyl (C=O) groups is 1. The van der Waals surface area contributed by atoms with Crippen molar-refractivity contribution in [2.45, 2.75) is 26.0 Å². The third-order valence-electron chi connectivity index (χ3n) is 6.25. The molecule has 3 heterocycles. The van der Waals surface area contributed by atoms with Gasteiger partial charge in [0, 0.05) is 25.6 Å². The van der Waals surface area contributed by atoms with E-state index in [2.05, 4.69) is 20.4 Å². The number of piperidine rings is 1. The van der Waals surface area contributed by atoms with Gasteiger partial charge in [-0.05, 0) is 59.7 Å². The zero-order chi connectivity index (χ0) is 23.9. The maximum atomic E-state index is 12.7. The normalized spacial score (nSPS) is 14.0. The minimum absolute atomic E-state index is 0.0260. The molecule has 5 rings (SSSR count). The second-order valence-corrected chi connectivity index (χ2v) is 9.60. The molecule has 6 nitrogen and oxygen atoms in total. The van der Waals surface area contributed by atoms with Crippen molar-refractivity contribution in [1.82, 2.24) is 15.5 Å². The molecule has 1 saturated heterocycles. The number of nitrogens with zero attached hydrogens (tertiary/aromatic N) is 3. The topological polar surface area (TPSA) is 67.3 Å². The fraction of sp³-hybridized carbons (Fsp3) is 0.250. The zero-order valence-electron chi connectivity index (χ0n) is 19.5. The van der Waals surface area contributed by atoms with Crippen LogP contribution in [0.4, 0.5) is 5.82 Å². The predicted molar refractivity (Wildman–Crippen MR) is 139 cm³/mol. The van der Waals surface area contributed by atoms with Gasteiger partial charge in [-0.1, -0.05) is 48.5 Å². The lowest BCUT2D eigenvalue weighted by atomic mass is 9.96. The minimum atomic E-state index is 0.0260. The summed E-state index contributed by atoms with van der Waals surface area (Å²) in [5.74, 6) is 1.84. The summed E-state index contributed by atoms with van der Waals surface area (Å²) in [5.41, 5.74) is 3.09. The SMILES string of the molecule is O=C(NCc1ccc(OCc2ccccc2)cc1)C1CCN(c2ccc(-c3cccs3)nn2)CC1. The van der Waals surface area contributed by atoms with Crippen LogP contribution in [0.1, 0.15) is 24.0 Å². The predicted octanol–water partition coefficient (Wildman–Crippen LogP) is 5.32. The number of anilines is 1. The fourth-order valence-electron chi connectivity index (χ4n) is 4.20. The van der Waals surface area contributed by atoms with E-state index >= 15 is 0 Å². The van der Waals surface area contributed by atoms with Crippen LogP contribution in [0.5, 0.6) is 5.75 Å². The molecule has 7 heteroatoms. The van der Waals surface area contributed by atoms with E-state index in [-0.39, 0.29) is 11.8 Å². The van der Waals surface area contributed by atoms with E-state index in [0.717, 1.165) is 59.2 Å². The lowest BCUT2D eigenvalue weighted by Gasteiger charge is -2.31. The maximum Gasteiger partial charge on any atom is 0.223 e. The molecule has 4 aromatic rings. The maximum absolute atomic E-state index is 12.7. The number of benzene rings is 2. The van der Waals surface area contributed by atoms with Crippen molar-refractivity contribution in [3.63, 3.8) is 0 Å². The summed E-state index contributed by atoms with van der Waals surface area (Å²) < 4.78 is 5.84. The van der Waals surface area contributed by atoms with E-state index in [9.17, 15) is 4.79 Å². The molecule has 0 atom stereocenters. The van der Waals surface area contributed by atoms with E-state index < -0.39 is 0 Å². The molecule has 178 valence electrons. The lowest BCUT2D eigenvalue weighted by molar-refractivity contribution is -0.125. The van der Waals surface area contributed by atoms with E-state index in [0.29, 0.717) is 13.2 Å². The molecule has 0 saturated carbocycles. The number of nitrogens with one attached hydrogen (secondary N) is 1. The Morgan fingerprint density at radius 3 is 2.40 bits per heavy atom. The summed E-state index contributed by atoms with van der Waals surface area (Å²) in [4.78, 5) is 16.1. The fourth-order valence-corrected chi connectivity index (χ4v) is 4.89. The Morgan fingerprint density at radius 1 is 0.914 bits per heavy atom. The quantitative estimate of drug-likeness (QED) is 0.367. The summed E-state index contributed by atoms with van der Waals surface area (Å²) in [6.07, 6.45) is 1.62. The zero-order valence-corrected chi connectivity index (χ0v) is 20.3. The Labute approximate surface area is 209 Å². The first-order valence-corrected chi connectivity index (χ1v) is 12.8. The minimum Gasteiger partial charge on any atom is -0.489 e. The molecule has 0 spiro atoms. The van der Waals surface area contributed by atoms with Crippen molar-refractivity contribution in [3.05, 3.63) is 95.4 Å². The molecule has 2 aromatic heterocycles. The largest absolute Gasteiger partial charge is 0.489 e. The molecule has 1 N–H and O–H groups in total. The van der Waals surface area contributed by atoms with Crippen LogP contribution in [0.25, 0.3) is 10.6 Å². The number of ether oxygens (including phenoxy) is 1. The number of hydrogen-bond acceptors (Lipinski definition) is 6. The molecule has 0 aliphatic carbocycles. The number of hydrogen-bond donors (Lipinski definition) is 1. The number of aromatic nitrogens is 2. The van der Waals surface area contributed by atoms with Crippen molar-refractivity contribution in [1.29, 1.82) is 0 Å². The Bertz CT molecular complexity index is 1200. The van der Waals surface area contributed by atoms with Crippen LogP contribution in [-0.4, -0.2) is 29.2 Å². The highest BCUT2D eigenvalue weighted by molar-refractivity contribution is 7.13. The lowest BCUT2D eigenvalue weighted by Crippen LogP contribution is -2.40. The van der Waals surface area contributed by atoms with Gasteiger partial charge in [0.05, 0.1) is 4.88 Å². The van der Waals surface area contributed by atoms with Crippen molar-refractivity contribution in [2.24, 2.45) is 5.92 Å². The number of rotatable bonds is 8. The van der Waals surface area contributed by atoms with Crippen molar-refractivity contribution < 1.29 is 9.53 Å². The van der Waals surface area contributed by atoms with Gasteiger partial charge >= 0.3 is 0 Å². The highest BCUT2D eigenvalue weighted by Gasteiger charge is 2.25. The van der Waals surface area contributed by atoms with Gasteiger partial charge in [0.25, 0.3) is 0 Å². The molecular formula is C28H28N4O2S. The van der Waals surface area contributed by atoms with Gasteiger partial charge in [-0.3, -0.25) is 4.79 Å². The Kier molecular flexibility index (Phi) is 7.34. The first kappa shape index (κ1) is 23.1. The summed E-state index contributed by atoms with van der Waals surface area (Å²) in [7, 11) is 0. The van der Waals surface area contributed by atoms with Crippen LogP contribution in [-0.2, 0) is 17.9 Å². The summed E-state index contributed by atoms with van der Waals surface area (Å²) in [6, 6.07) is 26.1. The van der Waals surface area contributed by atoms with Crippen molar-refractivity contribution in [3.8, 4) is 16.3 Å². The smallest absolute Gasteiger partial charge is 0.223 e. The van der Waals surface area contributed by atoms with Crippen LogP contribution in [0, 0.1) is 5.92 Å². The first-order valence-electron chi connectivity index (χ1n) is 11.9. The third kappa shape index (κ3) is 6.05. The summed E-state index contributed by atoms with van der Waals surface area (Å²) in [6.45, 7) is 2.67. The van der Waals surface area contributed by atoms with E-state index in [1.165, 1.54) is 0 Å². The molecular weight excluding hydrogens is 456 g/mol. The van der Waals surface area contributed by atoms with Crippen LogP contribution in [0.2, 0.25) is 0 Å².